The predicted octanol–water partition coefficient (Wildman–Crippen LogP) is 1.50. The van der Waals surface area contributed by atoms with Gasteiger partial charge in [0, 0.05) is 12.6 Å². The van der Waals surface area contributed by atoms with Crippen LogP contribution in [0.15, 0.2) is 0 Å². The lowest BCUT2D eigenvalue weighted by Gasteiger charge is -2.23. The van der Waals surface area contributed by atoms with Crippen LogP contribution < -0.4 is 0 Å². The van der Waals surface area contributed by atoms with Gasteiger partial charge in [-0.3, -0.25) is 9.59 Å². The van der Waals surface area contributed by atoms with E-state index < -0.39 is 0 Å². The van der Waals surface area contributed by atoms with Crippen LogP contribution in [0.2, 0.25) is 0 Å². The second kappa shape index (κ2) is 7.26. The smallest absolute Gasteiger partial charge is 0.312 e. The van der Waals surface area contributed by atoms with Crippen LogP contribution in [0.3, 0.4) is 0 Å². The minimum atomic E-state index is -0.270. The number of rotatable bonds is 7. The monoisotopic (exact) mass is 214 g/mol. The van der Waals surface area contributed by atoms with Crippen molar-refractivity contribution in [1.29, 1.82) is 0 Å². The highest BCUT2D eigenvalue weighted by molar-refractivity contribution is 5.70. The van der Waals surface area contributed by atoms with Crippen LogP contribution in [0.25, 0.3) is 0 Å². The normalized spacial score (nSPS) is 12.3. The van der Waals surface area contributed by atoms with Gasteiger partial charge in [0.25, 0.3) is 0 Å². The molecule has 15 heavy (non-hydrogen) atoms. The van der Waals surface area contributed by atoms with E-state index in [0.29, 0.717) is 6.54 Å². The molecule has 87 valence electrons. The first-order chi connectivity index (χ1) is 7.01. The molecule has 4 nitrogen and oxygen atoms in total. The first kappa shape index (κ1) is 13.9. The van der Waals surface area contributed by atoms with Crippen molar-refractivity contribution >= 4 is 12.4 Å². The number of hydrogen-bond donors (Lipinski definition) is 0. The Morgan fingerprint density at radius 1 is 1.40 bits per heavy atom. The van der Waals surface area contributed by atoms with E-state index in [4.69, 9.17) is 4.74 Å². The quantitative estimate of drug-likeness (QED) is 0.476. The summed E-state index contributed by atoms with van der Waals surface area (Å²) >= 11 is 0. The molecule has 0 aromatic heterocycles. The fourth-order valence-electron chi connectivity index (χ4n) is 1.26. The van der Waals surface area contributed by atoms with Gasteiger partial charge in [0.05, 0.1) is 12.5 Å². The fraction of sp³-hybridized carbons (Fsp3) is 0.818. The lowest BCUT2D eigenvalue weighted by atomic mass is 10.2. The van der Waals surface area contributed by atoms with E-state index in [0.717, 1.165) is 6.42 Å². The van der Waals surface area contributed by atoms with Crippen molar-refractivity contribution < 1.29 is 14.3 Å². The van der Waals surface area contributed by atoms with E-state index in [2.05, 4.69) is 0 Å². The zero-order valence-electron chi connectivity index (χ0n) is 9.95. The first-order valence-corrected chi connectivity index (χ1v) is 5.35. The predicted molar refractivity (Wildman–Crippen MR) is 58.0 cm³/mol. The molecule has 1 radical (unpaired) electrons. The lowest BCUT2D eigenvalue weighted by Crippen LogP contribution is -2.34. The number of carbonyl (C=O) groups excluding carboxylic acids is 2. The minimum absolute atomic E-state index is 0.107. The van der Waals surface area contributed by atoms with Crippen molar-refractivity contribution in [3.8, 4) is 0 Å². The molecule has 0 heterocycles. The molecule has 0 saturated carbocycles. The molecule has 0 aliphatic heterocycles. The van der Waals surface area contributed by atoms with Crippen molar-refractivity contribution in [1.82, 2.24) is 4.90 Å². The van der Waals surface area contributed by atoms with Crippen molar-refractivity contribution in [2.24, 2.45) is 0 Å². The van der Waals surface area contributed by atoms with Gasteiger partial charge in [-0.1, -0.05) is 6.92 Å². The molecule has 1 atom stereocenters. The first-order valence-electron chi connectivity index (χ1n) is 5.35. The van der Waals surface area contributed by atoms with Crippen LogP contribution in [0.5, 0.6) is 0 Å². The second-order valence-corrected chi connectivity index (χ2v) is 3.88. The Hall–Kier alpha value is -1.06. The van der Waals surface area contributed by atoms with E-state index in [1.54, 1.807) is 13.8 Å². The SMILES string of the molecule is CCCN([C]=O)C(C)CC(=O)OC(C)C. The third-order valence-corrected chi connectivity index (χ3v) is 1.94. The molecule has 0 aromatic carbocycles. The Bertz CT molecular complexity index is 204. The van der Waals surface area contributed by atoms with Crippen LogP contribution >= 0.6 is 0 Å². The average Bonchev–Trinajstić information content (AvgIpc) is 2.12. The van der Waals surface area contributed by atoms with Crippen LogP contribution in [-0.2, 0) is 14.3 Å². The molecule has 0 N–H and O–H groups in total. The number of carbonyl (C=O) groups is 1. The Morgan fingerprint density at radius 2 is 2.00 bits per heavy atom. The van der Waals surface area contributed by atoms with Crippen molar-refractivity contribution in [2.45, 2.75) is 52.7 Å². The van der Waals surface area contributed by atoms with Gasteiger partial charge in [-0.25, -0.2) is 0 Å². The summed E-state index contributed by atoms with van der Waals surface area (Å²) in [7, 11) is 0. The van der Waals surface area contributed by atoms with Gasteiger partial charge in [-0.15, -0.1) is 0 Å². The van der Waals surface area contributed by atoms with Gasteiger partial charge < -0.3 is 9.64 Å². The maximum atomic E-state index is 11.3. The van der Waals surface area contributed by atoms with Gasteiger partial charge in [0.1, 0.15) is 0 Å². The van der Waals surface area contributed by atoms with Crippen LogP contribution in [0.1, 0.15) is 40.5 Å². The lowest BCUT2D eigenvalue weighted by molar-refractivity contribution is -0.148. The molecule has 4 heteroatoms. The summed E-state index contributed by atoms with van der Waals surface area (Å²) in [6, 6.07) is -0.145. The molecule has 1 unspecified atom stereocenters. The van der Waals surface area contributed by atoms with E-state index in [1.807, 2.05) is 20.3 Å². The zero-order chi connectivity index (χ0) is 11.8. The van der Waals surface area contributed by atoms with Crippen LogP contribution in [0.4, 0.5) is 0 Å². The second-order valence-electron chi connectivity index (χ2n) is 3.88. The van der Waals surface area contributed by atoms with Gasteiger partial charge in [-0.05, 0) is 27.2 Å². The molecule has 0 bridgehead atoms. The molecule has 0 aromatic rings. The third kappa shape index (κ3) is 6.10. The Morgan fingerprint density at radius 3 is 2.40 bits per heavy atom. The van der Waals surface area contributed by atoms with Gasteiger partial charge in [0.15, 0.2) is 0 Å². The minimum Gasteiger partial charge on any atom is -0.463 e. The largest absolute Gasteiger partial charge is 0.463 e. The summed E-state index contributed by atoms with van der Waals surface area (Å²) in [6.45, 7) is 8.03. The summed E-state index contributed by atoms with van der Waals surface area (Å²) in [5.74, 6) is -0.270. The average molecular weight is 214 g/mol. The fourth-order valence-corrected chi connectivity index (χ4v) is 1.26. The van der Waals surface area contributed by atoms with Crippen molar-refractivity contribution in [3.63, 3.8) is 0 Å². The maximum Gasteiger partial charge on any atom is 0.312 e. The Labute approximate surface area is 91.6 Å². The molecule has 0 aliphatic carbocycles. The van der Waals surface area contributed by atoms with Gasteiger partial charge in [-0.2, -0.15) is 0 Å². The van der Waals surface area contributed by atoms with E-state index >= 15 is 0 Å². The molecular formula is C11H20NO3. The van der Waals surface area contributed by atoms with Gasteiger partial charge >= 0.3 is 12.4 Å². The molecule has 0 spiro atoms. The Kier molecular flexibility index (Phi) is 6.75. The summed E-state index contributed by atoms with van der Waals surface area (Å²) in [5.41, 5.74) is 0. The molecule has 0 rings (SSSR count). The molecule has 0 saturated heterocycles. The number of esters is 1. The summed E-state index contributed by atoms with van der Waals surface area (Å²) in [6.07, 6.45) is 2.82. The van der Waals surface area contributed by atoms with Crippen molar-refractivity contribution in [3.05, 3.63) is 0 Å². The zero-order valence-corrected chi connectivity index (χ0v) is 9.95. The van der Waals surface area contributed by atoms with E-state index in [9.17, 15) is 9.59 Å². The number of hydrogen-bond acceptors (Lipinski definition) is 3. The summed E-state index contributed by atoms with van der Waals surface area (Å²) in [5, 5.41) is 0. The molecule has 0 fully saturated rings. The maximum absolute atomic E-state index is 11.3. The van der Waals surface area contributed by atoms with Gasteiger partial charge in [0.2, 0.25) is 0 Å². The summed E-state index contributed by atoms with van der Waals surface area (Å²) < 4.78 is 5.00. The Balaban J connectivity index is 4.03. The topological polar surface area (TPSA) is 46.6 Å². The molecule has 0 aliphatic rings. The third-order valence-electron chi connectivity index (χ3n) is 1.94. The molecule has 1 amide bonds. The van der Waals surface area contributed by atoms with Crippen LogP contribution in [-0.4, -0.2) is 36.0 Å². The van der Waals surface area contributed by atoms with E-state index in [-0.39, 0.29) is 24.5 Å². The highest BCUT2D eigenvalue weighted by Gasteiger charge is 2.17. The standard InChI is InChI=1S/C11H20NO3/c1-5-6-12(8-13)10(4)7-11(14)15-9(2)3/h9-10H,5-7H2,1-4H3. The molecular weight excluding hydrogens is 194 g/mol. The number of ether oxygens (including phenoxy) is 1. The number of nitrogens with zero attached hydrogens (tertiary/aromatic N) is 1. The van der Waals surface area contributed by atoms with Crippen LogP contribution in [0, 0.1) is 0 Å². The highest BCUT2D eigenvalue weighted by atomic mass is 16.5. The summed E-state index contributed by atoms with van der Waals surface area (Å²) in [4.78, 5) is 23.4. The van der Waals surface area contributed by atoms with Crippen molar-refractivity contribution in [2.75, 3.05) is 6.54 Å². The highest BCUT2D eigenvalue weighted by Crippen LogP contribution is 2.05. The van der Waals surface area contributed by atoms with E-state index in [1.165, 1.54) is 4.90 Å². The number of amides is 1.